The molecule has 1 amide bonds. The number of ether oxygens (including phenoxy) is 1. The van der Waals surface area contributed by atoms with Crippen molar-refractivity contribution in [3.8, 4) is 0 Å². The minimum Gasteiger partial charge on any atom is -0.466 e. The Morgan fingerprint density at radius 1 is 1.19 bits per heavy atom. The second-order valence-electron chi connectivity index (χ2n) is 8.57. The van der Waals surface area contributed by atoms with Gasteiger partial charge in [0.25, 0.3) is 0 Å². The van der Waals surface area contributed by atoms with Crippen LogP contribution in [0.25, 0.3) is 0 Å². The number of fused-ring (bicyclic) bond motifs is 1. The number of quaternary nitrogens is 1. The van der Waals surface area contributed by atoms with Crippen LogP contribution in [0.5, 0.6) is 0 Å². The summed E-state index contributed by atoms with van der Waals surface area (Å²) >= 11 is 7.45. The molecule has 1 atom stereocenters. The summed E-state index contributed by atoms with van der Waals surface area (Å²) in [6.07, 6.45) is 2.40. The van der Waals surface area contributed by atoms with Gasteiger partial charge in [0.05, 0.1) is 43.6 Å². The molecule has 3 rings (SSSR count). The quantitative estimate of drug-likeness (QED) is 0.417. The lowest BCUT2D eigenvalue weighted by Crippen LogP contribution is -2.48. The van der Waals surface area contributed by atoms with E-state index in [0.29, 0.717) is 30.0 Å². The number of carbonyl (C=O) groups excluding carboxylic acids is 3. The van der Waals surface area contributed by atoms with Crippen LogP contribution in [0.4, 0.5) is 0 Å². The Kier molecular flexibility index (Phi) is 8.09. The van der Waals surface area contributed by atoms with Crippen LogP contribution in [0.15, 0.2) is 24.3 Å². The van der Waals surface area contributed by atoms with E-state index in [1.54, 1.807) is 12.1 Å². The molecule has 8 heteroatoms. The number of thiophene rings is 1. The number of nitrogens with two attached hydrogens (primary N) is 1. The van der Waals surface area contributed by atoms with E-state index >= 15 is 0 Å². The van der Waals surface area contributed by atoms with E-state index in [0.717, 1.165) is 57.8 Å². The van der Waals surface area contributed by atoms with E-state index in [2.05, 4.69) is 7.05 Å². The molecule has 0 saturated carbocycles. The molecule has 1 aliphatic rings. The first kappa shape index (κ1) is 24.4. The van der Waals surface area contributed by atoms with Crippen LogP contribution in [0.1, 0.15) is 51.0 Å². The number of hydrogen-bond acceptors (Lipinski definition) is 5. The predicted molar refractivity (Wildman–Crippen MR) is 126 cm³/mol. The highest BCUT2D eigenvalue weighted by atomic mass is 35.5. The van der Waals surface area contributed by atoms with E-state index in [-0.39, 0.29) is 18.2 Å². The Hall–Kier alpha value is -2.22. The molecular weight excluding hydrogens is 448 g/mol. The topological polar surface area (TPSA) is 86.5 Å². The van der Waals surface area contributed by atoms with Crippen molar-refractivity contribution in [2.45, 2.75) is 45.6 Å². The molecule has 0 spiro atoms. The lowest BCUT2D eigenvalue weighted by Gasteiger charge is -2.37. The summed E-state index contributed by atoms with van der Waals surface area (Å²) in [5.41, 5.74) is 8.15. The normalized spacial score (nSPS) is 17.6. The summed E-state index contributed by atoms with van der Waals surface area (Å²) in [5.74, 6) is -0.583. The number of carbonyl (C=O) groups is 3. The van der Waals surface area contributed by atoms with Gasteiger partial charge in [-0.2, -0.15) is 0 Å². The Morgan fingerprint density at radius 2 is 1.91 bits per heavy atom. The molecule has 0 saturated heterocycles. The van der Waals surface area contributed by atoms with Gasteiger partial charge in [0.1, 0.15) is 12.3 Å². The molecule has 2 heterocycles. The highest BCUT2D eigenvalue weighted by Crippen LogP contribution is 2.36. The second kappa shape index (κ2) is 10.6. The molecule has 32 heavy (non-hydrogen) atoms. The van der Waals surface area contributed by atoms with Crippen LogP contribution >= 0.6 is 22.9 Å². The van der Waals surface area contributed by atoms with Crippen molar-refractivity contribution in [2.75, 3.05) is 26.7 Å². The summed E-state index contributed by atoms with van der Waals surface area (Å²) < 4.78 is 5.81. The lowest BCUT2D eigenvalue weighted by atomic mass is 9.97. The van der Waals surface area contributed by atoms with Crippen molar-refractivity contribution >= 4 is 40.6 Å². The number of ketones is 1. The SMILES string of the molecule is CCOC(=O)CCC[N+]1(C)CCc2c(sc(CC(=O)Cc3ccc(Cl)cc3)c2C(N)=O)C1. The molecule has 1 aliphatic heterocycles. The molecule has 0 bridgehead atoms. The van der Waals surface area contributed by atoms with Crippen molar-refractivity contribution in [3.63, 3.8) is 0 Å². The van der Waals surface area contributed by atoms with Crippen LogP contribution in [-0.4, -0.2) is 48.9 Å². The number of likely N-dealkylation sites (N-methyl/N-ethyl adjacent to an activating group) is 1. The van der Waals surface area contributed by atoms with Gasteiger partial charge >= 0.3 is 5.97 Å². The van der Waals surface area contributed by atoms with Gasteiger partial charge < -0.3 is 15.0 Å². The maximum absolute atomic E-state index is 12.7. The summed E-state index contributed by atoms with van der Waals surface area (Å²) in [6, 6.07) is 7.22. The van der Waals surface area contributed by atoms with Crippen molar-refractivity contribution in [1.82, 2.24) is 0 Å². The summed E-state index contributed by atoms with van der Waals surface area (Å²) in [6.45, 7) is 4.70. The Bertz CT molecular complexity index is 1000. The molecule has 1 unspecified atom stereocenters. The van der Waals surface area contributed by atoms with E-state index in [4.69, 9.17) is 22.1 Å². The molecule has 2 N–H and O–H groups in total. The largest absolute Gasteiger partial charge is 0.466 e. The lowest BCUT2D eigenvalue weighted by molar-refractivity contribution is -0.924. The predicted octanol–water partition coefficient (Wildman–Crippen LogP) is 3.70. The zero-order valence-corrected chi connectivity index (χ0v) is 20.2. The van der Waals surface area contributed by atoms with Gasteiger partial charge in [-0.3, -0.25) is 14.4 Å². The van der Waals surface area contributed by atoms with E-state index in [1.807, 2.05) is 19.1 Å². The summed E-state index contributed by atoms with van der Waals surface area (Å²) in [7, 11) is 2.17. The maximum Gasteiger partial charge on any atom is 0.305 e. The highest BCUT2D eigenvalue weighted by molar-refractivity contribution is 7.12. The van der Waals surface area contributed by atoms with Gasteiger partial charge in [-0.15, -0.1) is 11.3 Å². The summed E-state index contributed by atoms with van der Waals surface area (Å²) in [4.78, 5) is 38.5. The first-order valence-corrected chi connectivity index (χ1v) is 12.1. The van der Waals surface area contributed by atoms with Crippen molar-refractivity contribution in [3.05, 3.63) is 55.7 Å². The molecule has 0 radical (unpaired) electrons. The third kappa shape index (κ3) is 6.18. The molecule has 1 aromatic heterocycles. The number of nitrogens with zero attached hydrogens (tertiary/aromatic N) is 1. The number of halogens is 1. The van der Waals surface area contributed by atoms with E-state index in [9.17, 15) is 14.4 Å². The first-order valence-electron chi connectivity index (χ1n) is 10.9. The average Bonchev–Trinajstić information content (AvgIpc) is 3.06. The van der Waals surface area contributed by atoms with Crippen LogP contribution in [0.2, 0.25) is 5.02 Å². The number of benzene rings is 1. The van der Waals surface area contributed by atoms with Gasteiger partial charge in [0, 0.05) is 35.6 Å². The molecule has 6 nitrogen and oxygen atoms in total. The Morgan fingerprint density at radius 3 is 2.56 bits per heavy atom. The molecule has 1 aromatic carbocycles. The van der Waals surface area contributed by atoms with Crippen molar-refractivity contribution in [2.24, 2.45) is 5.73 Å². The van der Waals surface area contributed by atoms with Gasteiger partial charge in [-0.1, -0.05) is 23.7 Å². The van der Waals surface area contributed by atoms with Crippen LogP contribution < -0.4 is 5.73 Å². The minimum absolute atomic E-state index is 0.0418. The van der Waals surface area contributed by atoms with Crippen molar-refractivity contribution < 1.29 is 23.6 Å². The van der Waals surface area contributed by atoms with Gasteiger partial charge in [0.2, 0.25) is 5.91 Å². The summed E-state index contributed by atoms with van der Waals surface area (Å²) in [5, 5.41) is 0.631. The number of hydrogen-bond donors (Lipinski definition) is 1. The molecule has 172 valence electrons. The Labute approximate surface area is 197 Å². The van der Waals surface area contributed by atoms with Gasteiger partial charge in [-0.05, 0) is 30.2 Å². The number of primary amides is 1. The number of rotatable bonds is 10. The second-order valence-corrected chi connectivity index (χ2v) is 10.2. The maximum atomic E-state index is 12.7. The standard InChI is InChI=1S/C24H29ClN2O4S/c1-3-31-22(29)5-4-11-27(2)12-10-19-21(15-27)32-20(23(19)24(26)30)14-18(28)13-16-6-8-17(25)9-7-16/h6-9H,3-5,10-15H2,1-2H3,(H-,26,30)/p+1. The number of Topliss-reactive ketones (excluding diaryl/α,β-unsaturated/α-hetero) is 1. The molecular formula is C24H30ClN2O4S+. The zero-order valence-electron chi connectivity index (χ0n) is 18.6. The monoisotopic (exact) mass is 477 g/mol. The fourth-order valence-electron chi connectivity index (χ4n) is 4.28. The van der Waals surface area contributed by atoms with Gasteiger partial charge in [0.15, 0.2) is 0 Å². The molecule has 0 fully saturated rings. The van der Waals surface area contributed by atoms with Crippen molar-refractivity contribution in [1.29, 1.82) is 0 Å². The smallest absolute Gasteiger partial charge is 0.305 e. The fourth-order valence-corrected chi connectivity index (χ4v) is 5.97. The van der Waals surface area contributed by atoms with Gasteiger partial charge in [-0.25, -0.2) is 0 Å². The first-order chi connectivity index (χ1) is 15.2. The Balaban J connectivity index is 1.70. The van der Waals surface area contributed by atoms with Crippen LogP contribution in [0.3, 0.4) is 0 Å². The number of amides is 1. The van der Waals surface area contributed by atoms with Crippen LogP contribution in [-0.2, 0) is 40.1 Å². The molecule has 0 aliphatic carbocycles. The zero-order chi connectivity index (χ0) is 23.3. The minimum atomic E-state index is -0.463. The average molecular weight is 478 g/mol. The van der Waals surface area contributed by atoms with Crippen LogP contribution in [0, 0.1) is 0 Å². The van der Waals surface area contributed by atoms with E-state index in [1.165, 1.54) is 11.3 Å². The third-order valence-electron chi connectivity index (χ3n) is 5.89. The third-order valence-corrected chi connectivity index (χ3v) is 7.36. The fraction of sp³-hybridized carbons (Fsp3) is 0.458. The van der Waals surface area contributed by atoms with E-state index < -0.39 is 5.91 Å². The number of esters is 1. The molecule has 2 aromatic rings. The highest BCUT2D eigenvalue weighted by Gasteiger charge is 2.34.